The Bertz CT molecular complexity index is 493. The smallest absolute Gasteiger partial charge is 0.270 e. The molecule has 0 aliphatic rings. The Morgan fingerprint density at radius 3 is 3.17 bits per heavy atom. The van der Waals surface area contributed by atoms with E-state index in [1.54, 1.807) is 16.3 Å². The van der Waals surface area contributed by atoms with Gasteiger partial charge < -0.3 is 11.1 Å². The van der Waals surface area contributed by atoms with E-state index in [0.29, 0.717) is 31.7 Å². The summed E-state index contributed by atoms with van der Waals surface area (Å²) >= 11 is 1.46. The molecule has 0 radical (unpaired) electrons. The summed E-state index contributed by atoms with van der Waals surface area (Å²) in [6.07, 6.45) is 4.28. The van der Waals surface area contributed by atoms with Gasteiger partial charge >= 0.3 is 0 Å². The average Bonchev–Trinajstić information content (AvgIpc) is 3.00. The van der Waals surface area contributed by atoms with Crippen molar-refractivity contribution >= 4 is 17.2 Å². The van der Waals surface area contributed by atoms with E-state index in [9.17, 15) is 4.79 Å². The number of carbonyl (C=O) groups is 1. The van der Waals surface area contributed by atoms with Gasteiger partial charge in [0.25, 0.3) is 5.91 Å². The molecule has 0 aliphatic carbocycles. The van der Waals surface area contributed by atoms with Gasteiger partial charge in [-0.15, -0.1) is 11.3 Å². The highest BCUT2D eigenvalue weighted by Crippen LogP contribution is 2.09. The van der Waals surface area contributed by atoms with Gasteiger partial charge in [0.05, 0.1) is 11.6 Å². The molecular formula is C11H15N5OS. The molecule has 0 spiro atoms. The standard InChI is InChI=1S/C11H15N5OS/c12-3-2-10-15-9(8-18-10)11(17)13-5-7-16-6-1-4-14-16/h1,4,6,8H,2-3,5,7,12H2,(H,13,17). The van der Waals surface area contributed by atoms with Crippen LogP contribution in [0.25, 0.3) is 0 Å². The molecular weight excluding hydrogens is 250 g/mol. The van der Waals surface area contributed by atoms with Crippen LogP contribution in [0.3, 0.4) is 0 Å². The van der Waals surface area contributed by atoms with Gasteiger partial charge in [-0.05, 0) is 12.6 Å². The third-order valence-corrected chi connectivity index (χ3v) is 3.24. The van der Waals surface area contributed by atoms with E-state index in [0.717, 1.165) is 5.01 Å². The third kappa shape index (κ3) is 3.38. The zero-order valence-electron chi connectivity index (χ0n) is 9.87. The Labute approximate surface area is 109 Å². The van der Waals surface area contributed by atoms with E-state index < -0.39 is 0 Å². The van der Waals surface area contributed by atoms with Gasteiger partial charge in [0, 0.05) is 30.7 Å². The maximum Gasteiger partial charge on any atom is 0.270 e. The van der Waals surface area contributed by atoms with E-state index in [2.05, 4.69) is 15.4 Å². The number of carbonyl (C=O) groups excluding carboxylic acids is 1. The molecule has 0 unspecified atom stereocenters. The summed E-state index contributed by atoms with van der Waals surface area (Å²) in [5, 5.41) is 9.51. The van der Waals surface area contributed by atoms with Crippen LogP contribution in [0.4, 0.5) is 0 Å². The first kappa shape index (κ1) is 12.7. The van der Waals surface area contributed by atoms with E-state index in [1.165, 1.54) is 11.3 Å². The van der Waals surface area contributed by atoms with Crippen molar-refractivity contribution in [3.8, 4) is 0 Å². The third-order valence-electron chi connectivity index (χ3n) is 2.33. The van der Waals surface area contributed by atoms with Crippen molar-refractivity contribution in [3.63, 3.8) is 0 Å². The van der Waals surface area contributed by atoms with Gasteiger partial charge in [0.2, 0.25) is 0 Å². The molecule has 18 heavy (non-hydrogen) atoms. The highest BCUT2D eigenvalue weighted by Gasteiger charge is 2.09. The van der Waals surface area contributed by atoms with E-state index >= 15 is 0 Å². The van der Waals surface area contributed by atoms with Crippen LogP contribution in [-0.2, 0) is 13.0 Å². The molecule has 2 heterocycles. The molecule has 0 aliphatic heterocycles. The molecule has 0 bridgehead atoms. The van der Waals surface area contributed by atoms with Crippen molar-refractivity contribution in [1.82, 2.24) is 20.1 Å². The van der Waals surface area contributed by atoms with E-state index in [4.69, 9.17) is 5.73 Å². The van der Waals surface area contributed by atoms with Gasteiger partial charge in [-0.1, -0.05) is 0 Å². The van der Waals surface area contributed by atoms with Crippen LogP contribution in [-0.4, -0.2) is 33.8 Å². The number of hydrogen-bond donors (Lipinski definition) is 2. The van der Waals surface area contributed by atoms with Gasteiger partial charge in [-0.3, -0.25) is 9.48 Å². The Kier molecular flexibility index (Phi) is 4.43. The number of aromatic nitrogens is 3. The minimum Gasteiger partial charge on any atom is -0.349 e. The van der Waals surface area contributed by atoms with Crippen LogP contribution >= 0.6 is 11.3 Å². The quantitative estimate of drug-likeness (QED) is 0.785. The number of rotatable bonds is 6. The summed E-state index contributed by atoms with van der Waals surface area (Å²) in [6, 6.07) is 1.85. The predicted octanol–water partition coefficient (Wildman–Crippen LogP) is 0.271. The second-order valence-corrected chi connectivity index (χ2v) is 4.63. The van der Waals surface area contributed by atoms with Gasteiger partial charge in [0.1, 0.15) is 5.69 Å². The normalized spacial score (nSPS) is 10.5. The van der Waals surface area contributed by atoms with Crippen LogP contribution in [0.1, 0.15) is 15.5 Å². The monoisotopic (exact) mass is 265 g/mol. The van der Waals surface area contributed by atoms with Crippen molar-refractivity contribution in [1.29, 1.82) is 0 Å². The van der Waals surface area contributed by atoms with E-state index in [1.807, 2.05) is 12.3 Å². The fourth-order valence-electron chi connectivity index (χ4n) is 1.46. The van der Waals surface area contributed by atoms with Crippen molar-refractivity contribution in [2.75, 3.05) is 13.1 Å². The topological polar surface area (TPSA) is 85.8 Å². The van der Waals surface area contributed by atoms with Crippen LogP contribution in [0.5, 0.6) is 0 Å². The number of nitrogens with zero attached hydrogens (tertiary/aromatic N) is 3. The Morgan fingerprint density at radius 1 is 1.56 bits per heavy atom. The average molecular weight is 265 g/mol. The second kappa shape index (κ2) is 6.27. The fraction of sp³-hybridized carbons (Fsp3) is 0.364. The highest BCUT2D eigenvalue weighted by atomic mass is 32.1. The van der Waals surface area contributed by atoms with Gasteiger partial charge in [0.15, 0.2) is 0 Å². The number of hydrogen-bond acceptors (Lipinski definition) is 5. The summed E-state index contributed by atoms with van der Waals surface area (Å²) in [5.41, 5.74) is 5.90. The molecule has 6 nitrogen and oxygen atoms in total. The predicted molar refractivity (Wildman–Crippen MR) is 69.4 cm³/mol. The van der Waals surface area contributed by atoms with E-state index in [-0.39, 0.29) is 5.91 Å². The second-order valence-electron chi connectivity index (χ2n) is 3.69. The first-order valence-corrected chi connectivity index (χ1v) is 6.57. The lowest BCUT2D eigenvalue weighted by molar-refractivity contribution is 0.0947. The molecule has 2 aromatic heterocycles. The van der Waals surface area contributed by atoms with Crippen LogP contribution in [0, 0.1) is 0 Å². The molecule has 0 fully saturated rings. The molecule has 0 atom stereocenters. The molecule has 96 valence electrons. The first-order valence-electron chi connectivity index (χ1n) is 5.69. The largest absolute Gasteiger partial charge is 0.349 e. The zero-order valence-corrected chi connectivity index (χ0v) is 10.7. The fourth-order valence-corrected chi connectivity index (χ4v) is 2.25. The summed E-state index contributed by atoms with van der Waals surface area (Å²) in [7, 11) is 0. The summed E-state index contributed by atoms with van der Waals surface area (Å²) in [6.45, 7) is 1.73. The highest BCUT2D eigenvalue weighted by molar-refractivity contribution is 7.09. The van der Waals surface area contributed by atoms with Crippen LogP contribution in [0.2, 0.25) is 0 Å². The molecule has 7 heteroatoms. The van der Waals surface area contributed by atoms with Crippen LogP contribution < -0.4 is 11.1 Å². The van der Waals surface area contributed by atoms with Crippen molar-refractivity contribution in [2.24, 2.45) is 5.73 Å². The number of thiazole rings is 1. The molecule has 2 aromatic rings. The minimum atomic E-state index is -0.151. The Hall–Kier alpha value is -1.73. The molecule has 0 aromatic carbocycles. The lowest BCUT2D eigenvalue weighted by Gasteiger charge is -2.03. The zero-order chi connectivity index (χ0) is 12.8. The lowest BCUT2D eigenvalue weighted by Crippen LogP contribution is -2.27. The maximum absolute atomic E-state index is 11.8. The van der Waals surface area contributed by atoms with Gasteiger partial charge in [-0.25, -0.2) is 4.98 Å². The Morgan fingerprint density at radius 2 is 2.44 bits per heavy atom. The molecule has 0 saturated heterocycles. The molecule has 0 saturated carbocycles. The number of nitrogens with one attached hydrogen (secondary N) is 1. The number of amides is 1. The summed E-state index contributed by atoms with van der Waals surface area (Å²) in [5.74, 6) is -0.151. The summed E-state index contributed by atoms with van der Waals surface area (Å²) in [4.78, 5) is 16.0. The van der Waals surface area contributed by atoms with Crippen molar-refractivity contribution in [2.45, 2.75) is 13.0 Å². The summed E-state index contributed by atoms with van der Waals surface area (Å²) < 4.78 is 1.77. The first-order chi connectivity index (χ1) is 8.79. The van der Waals surface area contributed by atoms with Crippen LogP contribution in [0.15, 0.2) is 23.8 Å². The maximum atomic E-state index is 11.8. The SMILES string of the molecule is NCCc1nc(C(=O)NCCn2cccn2)cs1. The molecule has 1 amide bonds. The Balaban J connectivity index is 1.80. The lowest BCUT2D eigenvalue weighted by atomic mass is 10.4. The van der Waals surface area contributed by atoms with Crippen molar-refractivity contribution < 1.29 is 4.79 Å². The van der Waals surface area contributed by atoms with Gasteiger partial charge in [-0.2, -0.15) is 5.10 Å². The number of nitrogens with two attached hydrogens (primary N) is 1. The van der Waals surface area contributed by atoms with Crippen molar-refractivity contribution in [3.05, 3.63) is 34.5 Å². The molecule has 2 rings (SSSR count). The molecule has 3 N–H and O–H groups in total. The minimum absolute atomic E-state index is 0.151.